The van der Waals surface area contributed by atoms with Crippen molar-refractivity contribution >= 4 is 16.7 Å². The van der Waals surface area contributed by atoms with Crippen molar-refractivity contribution in [2.24, 2.45) is 0 Å². The monoisotopic (exact) mass is 325 g/mol. The molecule has 2 nitrogen and oxygen atoms in total. The minimum absolute atomic E-state index is 0.0420. The number of amides is 1. The summed E-state index contributed by atoms with van der Waals surface area (Å²) in [6.45, 7) is 3.04. The van der Waals surface area contributed by atoms with E-state index < -0.39 is 0 Å². The van der Waals surface area contributed by atoms with E-state index in [-0.39, 0.29) is 5.91 Å². The molecule has 1 amide bonds. The number of rotatable bonds is 11. The van der Waals surface area contributed by atoms with E-state index in [2.05, 4.69) is 18.3 Å². The van der Waals surface area contributed by atoms with Crippen LogP contribution in [-0.4, -0.2) is 12.5 Å². The Morgan fingerprint density at radius 2 is 1.42 bits per heavy atom. The van der Waals surface area contributed by atoms with Crippen molar-refractivity contribution in [2.75, 3.05) is 6.54 Å². The molecule has 0 aromatic heterocycles. The van der Waals surface area contributed by atoms with Crippen LogP contribution < -0.4 is 5.32 Å². The molecule has 0 radical (unpaired) electrons. The fraction of sp³-hybridized carbons (Fsp3) is 0.500. The normalized spacial score (nSPS) is 10.9. The molecule has 130 valence electrons. The van der Waals surface area contributed by atoms with Crippen LogP contribution in [0.1, 0.15) is 75.1 Å². The zero-order chi connectivity index (χ0) is 17.0. The molecule has 0 aliphatic carbocycles. The Kier molecular flexibility index (Phi) is 8.37. The first kappa shape index (κ1) is 18.5. The maximum atomic E-state index is 12.2. The van der Waals surface area contributed by atoms with Gasteiger partial charge in [0.1, 0.15) is 0 Å². The Hall–Kier alpha value is -1.83. The van der Waals surface area contributed by atoms with Crippen molar-refractivity contribution < 1.29 is 4.79 Å². The van der Waals surface area contributed by atoms with E-state index in [1.54, 1.807) is 0 Å². The van der Waals surface area contributed by atoms with Gasteiger partial charge in [0, 0.05) is 12.1 Å². The lowest BCUT2D eigenvalue weighted by atomic mass is 10.1. The van der Waals surface area contributed by atoms with Crippen molar-refractivity contribution in [3.05, 3.63) is 48.0 Å². The molecule has 0 saturated heterocycles. The number of fused-ring (bicyclic) bond motifs is 1. The lowest BCUT2D eigenvalue weighted by Crippen LogP contribution is -2.24. The van der Waals surface area contributed by atoms with Crippen molar-refractivity contribution in [2.45, 2.75) is 64.7 Å². The summed E-state index contributed by atoms with van der Waals surface area (Å²) in [5, 5.41) is 5.34. The van der Waals surface area contributed by atoms with Crippen LogP contribution in [0.2, 0.25) is 0 Å². The van der Waals surface area contributed by atoms with E-state index >= 15 is 0 Å². The number of nitrogens with one attached hydrogen (secondary N) is 1. The molecule has 2 heteroatoms. The Labute approximate surface area is 146 Å². The van der Waals surface area contributed by atoms with Crippen LogP contribution in [0, 0.1) is 0 Å². The van der Waals surface area contributed by atoms with Crippen molar-refractivity contribution in [3.8, 4) is 0 Å². The van der Waals surface area contributed by atoms with Gasteiger partial charge in [0.05, 0.1) is 0 Å². The minimum atomic E-state index is 0.0420. The lowest BCUT2D eigenvalue weighted by Gasteiger charge is -2.06. The molecular weight excluding hydrogens is 294 g/mol. The van der Waals surface area contributed by atoms with E-state index in [0.717, 1.165) is 23.9 Å². The predicted octanol–water partition coefficient (Wildman–Crippen LogP) is 6.10. The Balaban J connectivity index is 1.59. The summed E-state index contributed by atoms with van der Waals surface area (Å²) in [5.74, 6) is 0.0420. The van der Waals surface area contributed by atoms with E-state index in [9.17, 15) is 4.79 Å². The zero-order valence-electron chi connectivity index (χ0n) is 15.0. The first-order chi connectivity index (χ1) is 11.8. The van der Waals surface area contributed by atoms with Crippen molar-refractivity contribution in [1.29, 1.82) is 0 Å². The lowest BCUT2D eigenvalue weighted by molar-refractivity contribution is 0.0953. The van der Waals surface area contributed by atoms with Gasteiger partial charge >= 0.3 is 0 Å². The molecule has 2 rings (SSSR count). The fourth-order valence-corrected chi connectivity index (χ4v) is 3.07. The van der Waals surface area contributed by atoms with E-state index in [1.165, 1.54) is 56.8 Å². The highest BCUT2D eigenvalue weighted by molar-refractivity contribution is 5.98. The molecule has 1 N–H and O–H groups in total. The van der Waals surface area contributed by atoms with Crippen LogP contribution in [-0.2, 0) is 0 Å². The van der Waals surface area contributed by atoms with Crippen LogP contribution in [0.4, 0.5) is 0 Å². The molecule has 2 aromatic rings. The molecule has 0 heterocycles. The summed E-state index contributed by atoms with van der Waals surface area (Å²) in [6, 6.07) is 14.0. The van der Waals surface area contributed by atoms with E-state index in [4.69, 9.17) is 0 Å². The van der Waals surface area contributed by atoms with Crippen LogP contribution in [0.5, 0.6) is 0 Å². The summed E-state index contributed by atoms with van der Waals surface area (Å²) < 4.78 is 0. The summed E-state index contributed by atoms with van der Waals surface area (Å²) in [7, 11) is 0. The van der Waals surface area contributed by atoms with Gasteiger partial charge in [0.15, 0.2) is 0 Å². The second-order valence-electron chi connectivity index (χ2n) is 6.65. The standard InChI is InChI=1S/C22H31NO/c1-2-3-4-5-6-7-8-9-12-17-23-22(24)21-16-15-19-13-10-11-14-20(19)18-21/h10-11,13-16,18H,2-9,12,17H2,1H3,(H,23,24). The van der Waals surface area contributed by atoms with Crippen LogP contribution in [0.3, 0.4) is 0 Å². The summed E-state index contributed by atoms with van der Waals surface area (Å²) in [5.41, 5.74) is 0.754. The summed E-state index contributed by atoms with van der Waals surface area (Å²) in [4.78, 5) is 12.2. The van der Waals surface area contributed by atoms with Gasteiger partial charge < -0.3 is 5.32 Å². The zero-order valence-corrected chi connectivity index (χ0v) is 15.0. The first-order valence-corrected chi connectivity index (χ1v) is 9.58. The van der Waals surface area contributed by atoms with Gasteiger partial charge in [-0.15, -0.1) is 0 Å². The Morgan fingerprint density at radius 3 is 2.12 bits per heavy atom. The number of hydrogen-bond donors (Lipinski definition) is 1. The second-order valence-corrected chi connectivity index (χ2v) is 6.65. The summed E-state index contributed by atoms with van der Waals surface area (Å²) in [6.07, 6.45) is 11.7. The number of unbranched alkanes of at least 4 members (excludes halogenated alkanes) is 8. The van der Waals surface area contributed by atoms with Gasteiger partial charge in [-0.3, -0.25) is 4.79 Å². The average molecular weight is 325 g/mol. The SMILES string of the molecule is CCCCCCCCCCCNC(=O)c1ccc2ccccc2c1. The molecule has 0 bridgehead atoms. The summed E-state index contributed by atoms with van der Waals surface area (Å²) >= 11 is 0. The predicted molar refractivity (Wildman–Crippen MR) is 104 cm³/mol. The van der Waals surface area contributed by atoms with Gasteiger partial charge in [0.25, 0.3) is 5.91 Å². The molecule has 0 atom stereocenters. The maximum Gasteiger partial charge on any atom is 0.251 e. The maximum absolute atomic E-state index is 12.2. The fourth-order valence-electron chi connectivity index (χ4n) is 3.07. The van der Waals surface area contributed by atoms with Gasteiger partial charge in [0.2, 0.25) is 0 Å². The third-order valence-electron chi connectivity index (χ3n) is 4.58. The second kappa shape index (κ2) is 10.9. The molecule has 2 aromatic carbocycles. The molecular formula is C22H31NO. The highest BCUT2D eigenvalue weighted by Gasteiger charge is 2.05. The highest BCUT2D eigenvalue weighted by atomic mass is 16.1. The molecule has 0 aliphatic rings. The average Bonchev–Trinajstić information content (AvgIpc) is 2.62. The third-order valence-corrected chi connectivity index (χ3v) is 4.58. The van der Waals surface area contributed by atoms with Gasteiger partial charge in [-0.05, 0) is 29.3 Å². The van der Waals surface area contributed by atoms with E-state index in [1.807, 2.05) is 36.4 Å². The number of benzene rings is 2. The molecule has 0 unspecified atom stereocenters. The largest absolute Gasteiger partial charge is 0.352 e. The van der Waals surface area contributed by atoms with Crippen LogP contribution >= 0.6 is 0 Å². The van der Waals surface area contributed by atoms with Crippen molar-refractivity contribution in [1.82, 2.24) is 5.32 Å². The molecule has 0 spiro atoms. The molecule has 24 heavy (non-hydrogen) atoms. The van der Waals surface area contributed by atoms with Gasteiger partial charge in [-0.25, -0.2) is 0 Å². The highest BCUT2D eigenvalue weighted by Crippen LogP contribution is 2.15. The topological polar surface area (TPSA) is 29.1 Å². The number of hydrogen-bond acceptors (Lipinski definition) is 1. The quantitative estimate of drug-likeness (QED) is 0.497. The smallest absolute Gasteiger partial charge is 0.251 e. The number of carbonyl (C=O) groups excluding carboxylic acids is 1. The Bertz CT molecular complexity index is 620. The Morgan fingerprint density at radius 1 is 0.792 bits per heavy atom. The van der Waals surface area contributed by atoms with E-state index in [0.29, 0.717) is 0 Å². The number of carbonyl (C=O) groups is 1. The van der Waals surface area contributed by atoms with Crippen LogP contribution in [0.15, 0.2) is 42.5 Å². The molecule has 0 aliphatic heterocycles. The first-order valence-electron chi connectivity index (χ1n) is 9.58. The molecule has 0 saturated carbocycles. The minimum Gasteiger partial charge on any atom is -0.352 e. The van der Waals surface area contributed by atoms with Gasteiger partial charge in [-0.1, -0.05) is 88.6 Å². The third kappa shape index (κ3) is 6.35. The van der Waals surface area contributed by atoms with Crippen LogP contribution in [0.25, 0.3) is 10.8 Å². The van der Waals surface area contributed by atoms with Crippen molar-refractivity contribution in [3.63, 3.8) is 0 Å². The molecule has 0 fully saturated rings. The van der Waals surface area contributed by atoms with Gasteiger partial charge in [-0.2, -0.15) is 0 Å².